The number of hydrogen-bond acceptors (Lipinski definition) is 3. The number of piperidine rings is 1. The van der Waals surface area contributed by atoms with E-state index in [1.54, 1.807) is 0 Å². The zero-order valence-corrected chi connectivity index (χ0v) is 16.1. The molecule has 2 unspecified atom stereocenters. The van der Waals surface area contributed by atoms with E-state index in [0.29, 0.717) is 24.1 Å². The van der Waals surface area contributed by atoms with Gasteiger partial charge in [0.2, 0.25) is 0 Å². The summed E-state index contributed by atoms with van der Waals surface area (Å²) in [6.45, 7) is 10.0. The molecule has 1 aromatic heterocycles. The molecule has 2 aliphatic rings. The Hall–Kier alpha value is -1.07. The minimum Gasteiger partial charge on any atom is -0.333 e. The third kappa shape index (κ3) is 3.77. The largest absolute Gasteiger partial charge is 0.333 e. The molecule has 0 radical (unpaired) electrons. The van der Waals surface area contributed by atoms with Crippen LogP contribution < -0.4 is 5.73 Å². The molecule has 136 valence electrons. The van der Waals surface area contributed by atoms with Gasteiger partial charge in [0.1, 0.15) is 0 Å². The van der Waals surface area contributed by atoms with Crippen LogP contribution in [0.15, 0.2) is 6.07 Å². The third-order valence-electron chi connectivity index (χ3n) is 5.10. The van der Waals surface area contributed by atoms with E-state index >= 15 is 0 Å². The fraction of sp³-hybridized carbons (Fsp3) is 0.778. The summed E-state index contributed by atoms with van der Waals surface area (Å²) in [5, 5.41) is 4.69. The molecule has 0 spiro atoms. The predicted octanol–water partition coefficient (Wildman–Crippen LogP) is 3.14. The standard InChI is InChI=1S/C18H30N4O.ClH/c1-12-7-8-21(14(9-12)11-19)17(23)15-10-16(13-5-6-13)22(20-15)18(2,3)4;/h10,12-14H,5-9,11,19H2,1-4H3;1H. The van der Waals surface area contributed by atoms with Crippen molar-refractivity contribution in [1.82, 2.24) is 14.7 Å². The number of rotatable bonds is 3. The Morgan fingerprint density at radius 1 is 1.33 bits per heavy atom. The normalized spacial score (nSPS) is 24.6. The van der Waals surface area contributed by atoms with Crippen molar-refractivity contribution >= 4 is 18.3 Å². The van der Waals surface area contributed by atoms with Gasteiger partial charge in [-0.05, 0) is 58.4 Å². The number of amides is 1. The average molecular weight is 355 g/mol. The van der Waals surface area contributed by atoms with Crippen molar-refractivity contribution in [2.45, 2.75) is 70.9 Å². The van der Waals surface area contributed by atoms with Gasteiger partial charge in [-0.3, -0.25) is 9.48 Å². The zero-order valence-electron chi connectivity index (χ0n) is 15.3. The van der Waals surface area contributed by atoms with Gasteiger partial charge in [0.25, 0.3) is 5.91 Å². The Kier molecular flexibility index (Phi) is 5.65. The summed E-state index contributed by atoms with van der Waals surface area (Å²) in [6, 6.07) is 2.17. The van der Waals surface area contributed by atoms with Crippen molar-refractivity contribution in [2.75, 3.05) is 13.1 Å². The van der Waals surface area contributed by atoms with Crippen molar-refractivity contribution < 1.29 is 4.79 Å². The number of nitrogens with two attached hydrogens (primary N) is 1. The molecule has 1 aromatic rings. The zero-order chi connectivity index (χ0) is 16.8. The average Bonchev–Trinajstić information content (AvgIpc) is 3.23. The van der Waals surface area contributed by atoms with Gasteiger partial charge in [0.15, 0.2) is 5.69 Å². The Labute approximate surface area is 151 Å². The second-order valence-corrected chi connectivity index (χ2v) is 8.33. The molecule has 1 aliphatic carbocycles. The lowest BCUT2D eigenvalue weighted by Gasteiger charge is -2.37. The van der Waals surface area contributed by atoms with Crippen LogP contribution in [-0.4, -0.2) is 39.7 Å². The van der Waals surface area contributed by atoms with Gasteiger partial charge in [-0.25, -0.2) is 0 Å². The topological polar surface area (TPSA) is 64.2 Å². The van der Waals surface area contributed by atoms with Crippen molar-refractivity contribution in [3.8, 4) is 0 Å². The smallest absolute Gasteiger partial charge is 0.274 e. The molecular weight excluding hydrogens is 324 g/mol. The van der Waals surface area contributed by atoms with Crippen molar-refractivity contribution in [3.05, 3.63) is 17.5 Å². The maximum absolute atomic E-state index is 13.0. The first-order chi connectivity index (χ1) is 10.8. The van der Waals surface area contributed by atoms with E-state index in [1.165, 1.54) is 18.5 Å². The number of nitrogens with zero attached hydrogens (tertiary/aromatic N) is 3. The first kappa shape index (κ1) is 19.3. The fourth-order valence-corrected chi connectivity index (χ4v) is 3.60. The quantitative estimate of drug-likeness (QED) is 0.906. The number of likely N-dealkylation sites (tertiary alicyclic amines) is 1. The molecule has 1 aliphatic heterocycles. The van der Waals surface area contributed by atoms with Gasteiger partial charge < -0.3 is 10.6 Å². The van der Waals surface area contributed by atoms with Crippen LogP contribution in [0.5, 0.6) is 0 Å². The second kappa shape index (κ2) is 7.04. The second-order valence-electron chi connectivity index (χ2n) is 8.33. The molecule has 0 bridgehead atoms. The van der Waals surface area contributed by atoms with Gasteiger partial charge in [-0.2, -0.15) is 5.10 Å². The summed E-state index contributed by atoms with van der Waals surface area (Å²) in [5.41, 5.74) is 7.63. The molecular formula is C18H31ClN4O. The number of halogens is 1. The molecule has 2 heterocycles. The first-order valence-electron chi connectivity index (χ1n) is 8.92. The maximum atomic E-state index is 13.0. The summed E-state index contributed by atoms with van der Waals surface area (Å²) >= 11 is 0. The molecule has 1 amide bonds. The van der Waals surface area contributed by atoms with E-state index < -0.39 is 0 Å². The lowest BCUT2D eigenvalue weighted by Crippen LogP contribution is -2.49. The molecule has 2 fully saturated rings. The highest BCUT2D eigenvalue weighted by Gasteiger charge is 2.35. The Bertz CT molecular complexity index is 588. The first-order valence-corrected chi connectivity index (χ1v) is 8.92. The predicted molar refractivity (Wildman–Crippen MR) is 98.7 cm³/mol. The Morgan fingerprint density at radius 2 is 2.00 bits per heavy atom. The summed E-state index contributed by atoms with van der Waals surface area (Å²) in [6.07, 6.45) is 4.47. The van der Waals surface area contributed by atoms with E-state index in [9.17, 15) is 4.79 Å². The Morgan fingerprint density at radius 3 is 2.54 bits per heavy atom. The highest BCUT2D eigenvalue weighted by atomic mass is 35.5. The van der Waals surface area contributed by atoms with Crippen LogP contribution in [0.25, 0.3) is 0 Å². The van der Waals surface area contributed by atoms with Crippen molar-refractivity contribution in [3.63, 3.8) is 0 Å². The number of carbonyl (C=O) groups excluding carboxylic acids is 1. The van der Waals surface area contributed by atoms with Crippen LogP contribution in [-0.2, 0) is 5.54 Å². The van der Waals surface area contributed by atoms with Crippen molar-refractivity contribution in [2.24, 2.45) is 11.7 Å². The SMILES string of the molecule is CC1CCN(C(=O)c2cc(C3CC3)n(C(C)(C)C)n2)C(CN)C1.Cl. The van der Waals surface area contributed by atoms with E-state index in [1.807, 2.05) is 11.0 Å². The van der Waals surface area contributed by atoms with Crippen LogP contribution in [0.3, 0.4) is 0 Å². The van der Waals surface area contributed by atoms with E-state index in [-0.39, 0.29) is 29.9 Å². The molecule has 24 heavy (non-hydrogen) atoms. The minimum absolute atomic E-state index is 0. The molecule has 2 atom stereocenters. The number of aromatic nitrogens is 2. The Balaban J connectivity index is 0.00000208. The van der Waals surface area contributed by atoms with Crippen LogP contribution >= 0.6 is 12.4 Å². The highest BCUT2D eigenvalue weighted by Crippen LogP contribution is 2.42. The van der Waals surface area contributed by atoms with E-state index in [4.69, 9.17) is 10.8 Å². The molecule has 2 N–H and O–H groups in total. The lowest BCUT2D eigenvalue weighted by atomic mass is 9.92. The number of hydrogen-bond donors (Lipinski definition) is 1. The molecule has 6 heteroatoms. The molecule has 1 saturated heterocycles. The molecule has 3 rings (SSSR count). The maximum Gasteiger partial charge on any atom is 0.274 e. The fourth-order valence-electron chi connectivity index (χ4n) is 3.60. The molecule has 0 aromatic carbocycles. The third-order valence-corrected chi connectivity index (χ3v) is 5.10. The summed E-state index contributed by atoms with van der Waals surface area (Å²) in [7, 11) is 0. The van der Waals surface area contributed by atoms with Gasteiger partial charge >= 0.3 is 0 Å². The van der Waals surface area contributed by atoms with Gasteiger partial charge in [-0.1, -0.05) is 6.92 Å². The van der Waals surface area contributed by atoms with Crippen LogP contribution in [0.1, 0.15) is 75.5 Å². The molecule has 1 saturated carbocycles. The van der Waals surface area contributed by atoms with E-state index in [2.05, 4.69) is 32.4 Å². The van der Waals surface area contributed by atoms with Gasteiger partial charge in [0, 0.05) is 30.7 Å². The molecule has 5 nitrogen and oxygen atoms in total. The highest BCUT2D eigenvalue weighted by molar-refractivity contribution is 5.92. The summed E-state index contributed by atoms with van der Waals surface area (Å²) in [5.74, 6) is 1.27. The van der Waals surface area contributed by atoms with Crippen LogP contribution in [0.4, 0.5) is 0 Å². The number of carbonyl (C=O) groups is 1. The van der Waals surface area contributed by atoms with Gasteiger partial charge in [0.05, 0.1) is 5.54 Å². The van der Waals surface area contributed by atoms with Gasteiger partial charge in [-0.15, -0.1) is 12.4 Å². The minimum atomic E-state index is -0.0971. The van der Waals surface area contributed by atoms with Crippen molar-refractivity contribution in [1.29, 1.82) is 0 Å². The monoisotopic (exact) mass is 354 g/mol. The van der Waals surface area contributed by atoms with Crippen LogP contribution in [0.2, 0.25) is 0 Å². The summed E-state index contributed by atoms with van der Waals surface area (Å²) in [4.78, 5) is 15.0. The van der Waals surface area contributed by atoms with E-state index in [0.717, 1.165) is 19.4 Å². The summed E-state index contributed by atoms with van der Waals surface area (Å²) < 4.78 is 2.06. The lowest BCUT2D eigenvalue weighted by molar-refractivity contribution is 0.0566. The van der Waals surface area contributed by atoms with Crippen LogP contribution in [0, 0.1) is 5.92 Å².